The van der Waals surface area contributed by atoms with Gasteiger partial charge in [0.25, 0.3) is 0 Å². The molecule has 1 atom stereocenters. The van der Waals surface area contributed by atoms with Gasteiger partial charge in [0.05, 0.1) is 11.6 Å². The average Bonchev–Trinajstić information content (AvgIpc) is 2.98. The largest absolute Gasteiger partial charge is 0.274 e. The minimum absolute atomic E-state index is 0.137. The molecule has 4 heteroatoms. The zero-order chi connectivity index (χ0) is 18.8. The first-order valence-electron chi connectivity index (χ1n) is 8.88. The third-order valence-electron chi connectivity index (χ3n) is 4.87. The first kappa shape index (κ1) is 17.5. The Bertz CT molecular complexity index is 966. The van der Waals surface area contributed by atoms with E-state index < -0.39 is 0 Å². The minimum Gasteiger partial charge on any atom is -0.274 e. The van der Waals surface area contributed by atoms with Crippen molar-refractivity contribution < 1.29 is 9.59 Å². The van der Waals surface area contributed by atoms with Crippen LogP contribution >= 0.6 is 11.6 Å². The lowest BCUT2D eigenvalue weighted by molar-refractivity contribution is -0.122. The summed E-state index contributed by atoms with van der Waals surface area (Å²) in [4.78, 5) is 26.6. The van der Waals surface area contributed by atoms with E-state index in [1.165, 1.54) is 4.90 Å². The van der Waals surface area contributed by atoms with Crippen molar-refractivity contribution in [1.82, 2.24) is 0 Å². The zero-order valence-corrected chi connectivity index (χ0v) is 15.4. The molecule has 0 aliphatic carbocycles. The van der Waals surface area contributed by atoms with Crippen LogP contribution < -0.4 is 4.90 Å². The second-order valence-electron chi connectivity index (χ2n) is 6.71. The molecule has 3 nitrogen and oxygen atoms in total. The van der Waals surface area contributed by atoms with E-state index in [9.17, 15) is 9.59 Å². The van der Waals surface area contributed by atoms with Gasteiger partial charge in [0.1, 0.15) is 0 Å². The van der Waals surface area contributed by atoms with Gasteiger partial charge in [-0.05, 0) is 47.4 Å². The van der Waals surface area contributed by atoms with E-state index in [0.717, 1.165) is 16.7 Å². The molecule has 0 aromatic heterocycles. The Kier molecular flexibility index (Phi) is 4.78. The molecule has 0 unspecified atom stereocenters. The van der Waals surface area contributed by atoms with E-state index in [0.29, 0.717) is 17.1 Å². The number of anilines is 1. The predicted octanol–water partition coefficient (Wildman–Crippen LogP) is 5.13. The summed E-state index contributed by atoms with van der Waals surface area (Å²) in [5.41, 5.74) is 3.79. The van der Waals surface area contributed by atoms with Crippen molar-refractivity contribution in [3.05, 3.63) is 89.4 Å². The van der Waals surface area contributed by atoms with Crippen LogP contribution in [0.25, 0.3) is 11.1 Å². The van der Waals surface area contributed by atoms with Gasteiger partial charge >= 0.3 is 0 Å². The summed E-state index contributed by atoms with van der Waals surface area (Å²) in [7, 11) is 0. The standard InChI is InChI=1S/C23H18ClNO2/c24-20-10-6-16(7-11-20)14-19-15-22(26)25(23(19)27)21-12-8-18(9-13-21)17-4-2-1-3-5-17/h1-13,19H,14-15H2/t19-/m1/s1. The first-order chi connectivity index (χ1) is 13.1. The predicted molar refractivity (Wildman–Crippen MR) is 108 cm³/mol. The number of carbonyl (C=O) groups excluding carboxylic acids is 2. The van der Waals surface area contributed by atoms with E-state index in [-0.39, 0.29) is 24.2 Å². The summed E-state index contributed by atoms with van der Waals surface area (Å²) >= 11 is 5.91. The van der Waals surface area contributed by atoms with E-state index in [1.807, 2.05) is 66.7 Å². The molecule has 27 heavy (non-hydrogen) atoms. The zero-order valence-electron chi connectivity index (χ0n) is 14.6. The van der Waals surface area contributed by atoms with Gasteiger partial charge in [0, 0.05) is 11.4 Å². The van der Waals surface area contributed by atoms with Crippen molar-refractivity contribution >= 4 is 29.1 Å². The quantitative estimate of drug-likeness (QED) is 0.593. The highest BCUT2D eigenvalue weighted by Crippen LogP contribution is 2.30. The highest BCUT2D eigenvalue weighted by molar-refractivity contribution is 6.30. The monoisotopic (exact) mass is 375 g/mol. The van der Waals surface area contributed by atoms with E-state index in [4.69, 9.17) is 11.6 Å². The maximum atomic E-state index is 12.8. The fourth-order valence-electron chi connectivity index (χ4n) is 3.46. The van der Waals surface area contributed by atoms with Crippen LogP contribution in [0.5, 0.6) is 0 Å². The van der Waals surface area contributed by atoms with Gasteiger partial charge in [0.2, 0.25) is 11.8 Å². The smallest absolute Gasteiger partial charge is 0.237 e. The maximum Gasteiger partial charge on any atom is 0.237 e. The molecule has 1 aliphatic heterocycles. The number of rotatable bonds is 4. The number of benzene rings is 3. The highest BCUT2D eigenvalue weighted by atomic mass is 35.5. The molecule has 0 saturated carbocycles. The fourth-order valence-corrected chi connectivity index (χ4v) is 3.59. The Balaban J connectivity index is 1.52. The Hall–Kier alpha value is -2.91. The lowest BCUT2D eigenvalue weighted by Gasteiger charge is -2.16. The van der Waals surface area contributed by atoms with Gasteiger partial charge in [-0.2, -0.15) is 0 Å². The summed E-state index contributed by atoms with van der Waals surface area (Å²) in [6.45, 7) is 0. The number of nitrogens with zero attached hydrogens (tertiary/aromatic N) is 1. The van der Waals surface area contributed by atoms with Crippen molar-refractivity contribution in [1.29, 1.82) is 0 Å². The van der Waals surface area contributed by atoms with Crippen molar-refractivity contribution in [2.24, 2.45) is 5.92 Å². The molecule has 0 N–H and O–H groups in total. The number of amides is 2. The maximum absolute atomic E-state index is 12.8. The SMILES string of the molecule is O=C1C[C@@H](Cc2ccc(Cl)cc2)C(=O)N1c1ccc(-c2ccccc2)cc1. The molecular formula is C23H18ClNO2. The molecule has 0 bridgehead atoms. The van der Waals surface area contributed by atoms with Gasteiger partial charge in [-0.25, -0.2) is 0 Å². The number of hydrogen-bond acceptors (Lipinski definition) is 2. The molecule has 1 aliphatic rings. The molecule has 2 amide bonds. The van der Waals surface area contributed by atoms with Crippen LogP contribution in [0.2, 0.25) is 5.02 Å². The van der Waals surface area contributed by atoms with Gasteiger partial charge < -0.3 is 0 Å². The van der Waals surface area contributed by atoms with Crippen molar-refractivity contribution in [2.75, 3.05) is 4.90 Å². The topological polar surface area (TPSA) is 37.4 Å². The van der Waals surface area contributed by atoms with Crippen LogP contribution in [0.1, 0.15) is 12.0 Å². The second kappa shape index (κ2) is 7.37. The van der Waals surface area contributed by atoms with Crippen LogP contribution in [-0.4, -0.2) is 11.8 Å². The summed E-state index contributed by atoms with van der Waals surface area (Å²) in [6, 6.07) is 25.0. The van der Waals surface area contributed by atoms with Crippen molar-refractivity contribution in [2.45, 2.75) is 12.8 Å². The molecule has 3 aromatic rings. The van der Waals surface area contributed by atoms with Crippen molar-refractivity contribution in [3.8, 4) is 11.1 Å². The van der Waals surface area contributed by atoms with Crippen molar-refractivity contribution in [3.63, 3.8) is 0 Å². The lowest BCUT2D eigenvalue weighted by Crippen LogP contribution is -2.30. The molecule has 4 rings (SSSR count). The molecular weight excluding hydrogens is 358 g/mol. The Labute approximate surface area is 163 Å². The summed E-state index contributed by atoms with van der Waals surface area (Å²) < 4.78 is 0. The average molecular weight is 376 g/mol. The first-order valence-corrected chi connectivity index (χ1v) is 9.26. The summed E-state index contributed by atoms with van der Waals surface area (Å²) in [5.74, 6) is -0.610. The van der Waals surface area contributed by atoms with Crippen LogP contribution in [0.15, 0.2) is 78.9 Å². The number of halogens is 1. The number of hydrogen-bond donors (Lipinski definition) is 0. The number of imide groups is 1. The van der Waals surface area contributed by atoms with Gasteiger partial charge in [0.15, 0.2) is 0 Å². The van der Waals surface area contributed by atoms with E-state index in [1.54, 1.807) is 12.1 Å². The Morgan fingerprint density at radius 3 is 2.11 bits per heavy atom. The second-order valence-corrected chi connectivity index (χ2v) is 7.15. The van der Waals surface area contributed by atoms with E-state index in [2.05, 4.69) is 0 Å². The normalized spacial score (nSPS) is 16.8. The van der Waals surface area contributed by atoms with Gasteiger partial charge in [-0.15, -0.1) is 0 Å². The minimum atomic E-state index is -0.326. The molecule has 1 fully saturated rings. The molecule has 1 heterocycles. The third-order valence-corrected chi connectivity index (χ3v) is 5.12. The van der Waals surface area contributed by atoms with Gasteiger partial charge in [-0.1, -0.05) is 66.2 Å². The molecule has 3 aromatic carbocycles. The molecule has 1 saturated heterocycles. The Morgan fingerprint density at radius 2 is 1.44 bits per heavy atom. The summed E-state index contributed by atoms with van der Waals surface area (Å²) in [5, 5.41) is 0.660. The number of carbonyl (C=O) groups is 2. The molecule has 134 valence electrons. The van der Waals surface area contributed by atoms with E-state index >= 15 is 0 Å². The third kappa shape index (κ3) is 3.64. The fraction of sp³-hybridized carbons (Fsp3) is 0.130. The van der Waals surface area contributed by atoms with Gasteiger partial charge in [-0.3, -0.25) is 14.5 Å². The van der Waals surface area contributed by atoms with Crippen LogP contribution in [0, 0.1) is 5.92 Å². The summed E-state index contributed by atoms with van der Waals surface area (Å²) in [6.07, 6.45) is 0.780. The Morgan fingerprint density at radius 1 is 0.815 bits per heavy atom. The highest BCUT2D eigenvalue weighted by Gasteiger charge is 2.39. The van der Waals surface area contributed by atoms with Crippen LogP contribution in [0.3, 0.4) is 0 Å². The van der Waals surface area contributed by atoms with Crippen LogP contribution in [-0.2, 0) is 16.0 Å². The lowest BCUT2D eigenvalue weighted by atomic mass is 9.98. The molecule has 0 spiro atoms. The molecule has 0 radical (unpaired) electrons. The van der Waals surface area contributed by atoms with Crippen LogP contribution in [0.4, 0.5) is 5.69 Å².